The van der Waals surface area contributed by atoms with Crippen LogP contribution < -0.4 is 14.4 Å². The minimum atomic E-state index is -0.792. The zero-order chi connectivity index (χ0) is 25.1. The predicted molar refractivity (Wildman–Crippen MR) is 136 cm³/mol. The van der Waals surface area contributed by atoms with Crippen molar-refractivity contribution in [1.82, 2.24) is 0 Å². The molecule has 1 aliphatic rings. The van der Waals surface area contributed by atoms with Crippen molar-refractivity contribution in [3.05, 3.63) is 94.6 Å². The van der Waals surface area contributed by atoms with Crippen LogP contribution in [0.4, 0.5) is 5.69 Å². The molecule has 1 fully saturated rings. The lowest BCUT2D eigenvalue weighted by atomic mass is 9.94. The summed E-state index contributed by atoms with van der Waals surface area (Å²) >= 11 is 0. The highest BCUT2D eigenvalue weighted by Gasteiger charge is 2.47. The number of amides is 1. The van der Waals surface area contributed by atoms with Gasteiger partial charge in [0.2, 0.25) is 0 Å². The second-order valence-corrected chi connectivity index (χ2v) is 8.61. The van der Waals surface area contributed by atoms with Gasteiger partial charge in [-0.25, -0.2) is 0 Å². The number of ether oxygens (including phenoxy) is 2. The first kappa shape index (κ1) is 24.1. The molecular formula is C29H29NO5. The van der Waals surface area contributed by atoms with E-state index in [1.54, 1.807) is 61.7 Å². The highest BCUT2D eigenvalue weighted by Crippen LogP contribution is 2.42. The lowest BCUT2D eigenvalue weighted by Gasteiger charge is -2.25. The highest BCUT2D eigenvalue weighted by molar-refractivity contribution is 6.51. The standard InChI is InChI=1S/C29H29NO5/c1-5-16-35-24-15-10-21(17-19(24)3)27(31)25-26(20-8-13-23(34-4)14-9-20)30(29(33)28(25)32)22-11-6-18(2)7-12-22/h6-15,17,26,31H,5,16H2,1-4H3/b27-25-. The van der Waals surface area contributed by atoms with Gasteiger partial charge in [-0.3, -0.25) is 14.5 Å². The maximum Gasteiger partial charge on any atom is 0.300 e. The number of methoxy groups -OCH3 is 1. The van der Waals surface area contributed by atoms with E-state index in [4.69, 9.17) is 9.47 Å². The fourth-order valence-corrected chi connectivity index (χ4v) is 4.23. The van der Waals surface area contributed by atoms with Crippen molar-refractivity contribution in [2.75, 3.05) is 18.6 Å². The Balaban J connectivity index is 1.86. The Morgan fingerprint density at radius 3 is 2.26 bits per heavy atom. The molecule has 180 valence electrons. The van der Waals surface area contributed by atoms with Gasteiger partial charge in [0.25, 0.3) is 11.7 Å². The summed E-state index contributed by atoms with van der Waals surface area (Å²) in [6.07, 6.45) is 0.880. The van der Waals surface area contributed by atoms with Crippen molar-refractivity contribution < 1.29 is 24.2 Å². The SMILES string of the molecule is CCCOc1ccc(/C(O)=C2/C(=O)C(=O)N(c3ccc(C)cc3)C2c2ccc(OC)cc2)cc1C. The minimum absolute atomic E-state index is 0.0439. The quantitative estimate of drug-likeness (QED) is 0.271. The third-order valence-electron chi connectivity index (χ3n) is 6.10. The van der Waals surface area contributed by atoms with Crippen LogP contribution in [0, 0.1) is 13.8 Å². The average molecular weight is 472 g/mol. The van der Waals surface area contributed by atoms with Gasteiger partial charge in [0.05, 0.1) is 25.3 Å². The van der Waals surface area contributed by atoms with Crippen LogP contribution in [0.5, 0.6) is 11.5 Å². The van der Waals surface area contributed by atoms with Gasteiger partial charge < -0.3 is 14.6 Å². The fourth-order valence-electron chi connectivity index (χ4n) is 4.23. The molecule has 0 radical (unpaired) electrons. The largest absolute Gasteiger partial charge is 0.507 e. The summed E-state index contributed by atoms with van der Waals surface area (Å²) < 4.78 is 11.0. The van der Waals surface area contributed by atoms with Crippen molar-refractivity contribution in [2.45, 2.75) is 33.2 Å². The van der Waals surface area contributed by atoms with Gasteiger partial charge >= 0.3 is 0 Å². The normalized spacial score (nSPS) is 17.0. The van der Waals surface area contributed by atoms with Crippen molar-refractivity contribution in [2.24, 2.45) is 0 Å². The number of aryl methyl sites for hydroxylation is 2. The molecule has 0 bridgehead atoms. The van der Waals surface area contributed by atoms with E-state index in [2.05, 4.69) is 0 Å². The molecule has 1 unspecified atom stereocenters. The first-order valence-electron chi connectivity index (χ1n) is 11.6. The molecule has 0 saturated carbocycles. The van der Waals surface area contributed by atoms with Gasteiger partial charge in [-0.15, -0.1) is 0 Å². The van der Waals surface area contributed by atoms with Crippen molar-refractivity contribution in [3.8, 4) is 11.5 Å². The number of rotatable bonds is 7. The molecule has 6 nitrogen and oxygen atoms in total. The Hall–Kier alpha value is -4.06. The topological polar surface area (TPSA) is 76.1 Å². The Morgan fingerprint density at radius 1 is 0.971 bits per heavy atom. The molecular weight excluding hydrogens is 442 g/mol. The van der Waals surface area contributed by atoms with E-state index in [0.717, 1.165) is 23.3 Å². The van der Waals surface area contributed by atoms with Gasteiger partial charge in [-0.2, -0.15) is 0 Å². The number of aliphatic hydroxyl groups excluding tert-OH is 1. The number of nitrogens with zero attached hydrogens (tertiary/aromatic N) is 1. The number of benzene rings is 3. The van der Waals surface area contributed by atoms with Crippen LogP contribution >= 0.6 is 0 Å². The molecule has 4 rings (SSSR count). The summed E-state index contributed by atoms with van der Waals surface area (Å²) in [6.45, 7) is 6.45. The van der Waals surface area contributed by atoms with E-state index in [9.17, 15) is 14.7 Å². The summed E-state index contributed by atoms with van der Waals surface area (Å²) in [5.74, 6) is -0.262. The average Bonchev–Trinajstić information content (AvgIpc) is 3.13. The monoisotopic (exact) mass is 471 g/mol. The Morgan fingerprint density at radius 2 is 1.66 bits per heavy atom. The van der Waals surface area contributed by atoms with Crippen LogP contribution in [-0.2, 0) is 9.59 Å². The number of carbonyl (C=O) groups is 2. The first-order chi connectivity index (χ1) is 16.8. The first-order valence-corrected chi connectivity index (χ1v) is 11.6. The lowest BCUT2D eigenvalue weighted by Crippen LogP contribution is -2.29. The van der Waals surface area contributed by atoms with Gasteiger partial charge in [0.15, 0.2) is 0 Å². The Labute approximate surface area is 205 Å². The van der Waals surface area contributed by atoms with E-state index in [1.807, 2.05) is 32.9 Å². The summed E-state index contributed by atoms with van der Waals surface area (Å²) in [5, 5.41) is 11.4. The zero-order valence-corrected chi connectivity index (χ0v) is 20.4. The summed E-state index contributed by atoms with van der Waals surface area (Å²) in [4.78, 5) is 28.0. The number of ketones is 1. The maximum absolute atomic E-state index is 13.3. The molecule has 3 aromatic rings. The van der Waals surface area contributed by atoms with Crippen molar-refractivity contribution >= 4 is 23.1 Å². The van der Waals surface area contributed by atoms with Crippen LogP contribution in [0.2, 0.25) is 0 Å². The molecule has 6 heteroatoms. The molecule has 3 aromatic carbocycles. The minimum Gasteiger partial charge on any atom is -0.507 e. The molecule has 0 aromatic heterocycles. The molecule has 35 heavy (non-hydrogen) atoms. The highest BCUT2D eigenvalue weighted by atomic mass is 16.5. The van der Waals surface area contributed by atoms with Gasteiger partial charge in [0.1, 0.15) is 17.3 Å². The zero-order valence-electron chi connectivity index (χ0n) is 20.4. The van der Waals surface area contributed by atoms with Crippen LogP contribution in [0.1, 0.15) is 41.6 Å². The second kappa shape index (κ2) is 10.1. The second-order valence-electron chi connectivity index (χ2n) is 8.61. The number of anilines is 1. The van der Waals surface area contributed by atoms with Gasteiger partial charge in [-0.05, 0) is 73.9 Å². The Bertz CT molecular complexity index is 1280. The number of Topliss-reactive ketones (excluding diaryl/α,β-unsaturated/α-hetero) is 1. The number of aliphatic hydroxyl groups is 1. The number of hydrogen-bond acceptors (Lipinski definition) is 5. The van der Waals surface area contributed by atoms with Crippen LogP contribution in [0.25, 0.3) is 5.76 Å². The molecule has 1 amide bonds. The van der Waals surface area contributed by atoms with Crippen molar-refractivity contribution in [1.29, 1.82) is 0 Å². The van der Waals surface area contributed by atoms with Gasteiger partial charge in [-0.1, -0.05) is 36.8 Å². The van der Waals surface area contributed by atoms with Gasteiger partial charge in [0, 0.05) is 11.3 Å². The summed E-state index contributed by atoms with van der Waals surface area (Å²) in [7, 11) is 1.57. The van der Waals surface area contributed by atoms with Crippen LogP contribution in [0.15, 0.2) is 72.3 Å². The molecule has 0 aliphatic carbocycles. The lowest BCUT2D eigenvalue weighted by molar-refractivity contribution is -0.132. The van der Waals surface area contributed by atoms with Crippen LogP contribution in [0.3, 0.4) is 0 Å². The molecule has 0 spiro atoms. The van der Waals surface area contributed by atoms with Crippen LogP contribution in [-0.4, -0.2) is 30.5 Å². The van der Waals surface area contributed by atoms with E-state index >= 15 is 0 Å². The third kappa shape index (κ3) is 4.64. The molecule has 1 aliphatic heterocycles. The fraction of sp³-hybridized carbons (Fsp3) is 0.241. The Kier molecular flexibility index (Phi) is 6.92. The molecule has 1 heterocycles. The van der Waals surface area contributed by atoms with E-state index in [0.29, 0.717) is 29.2 Å². The predicted octanol–water partition coefficient (Wildman–Crippen LogP) is 5.73. The molecule has 1 saturated heterocycles. The summed E-state index contributed by atoms with van der Waals surface area (Å²) in [6, 6.07) is 19.0. The number of hydrogen-bond donors (Lipinski definition) is 1. The molecule has 1 N–H and O–H groups in total. The third-order valence-corrected chi connectivity index (χ3v) is 6.10. The molecule has 1 atom stereocenters. The van der Waals surface area contributed by atoms with Crippen molar-refractivity contribution in [3.63, 3.8) is 0 Å². The number of carbonyl (C=O) groups excluding carboxylic acids is 2. The van der Waals surface area contributed by atoms with E-state index in [-0.39, 0.29) is 11.3 Å². The van der Waals surface area contributed by atoms with E-state index < -0.39 is 17.7 Å². The summed E-state index contributed by atoms with van der Waals surface area (Å²) in [5.41, 5.74) is 3.63. The smallest absolute Gasteiger partial charge is 0.300 e. The maximum atomic E-state index is 13.3. The van der Waals surface area contributed by atoms with E-state index in [1.165, 1.54) is 4.90 Å².